The molecule has 0 bridgehead atoms. The van der Waals surface area contributed by atoms with Gasteiger partial charge in [0, 0.05) is 41.8 Å². The first-order chi connectivity index (χ1) is 23.2. The van der Waals surface area contributed by atoms with Crippen molar-refractivity contribution < 1.29 is 22.6 Å². The van der Waals surface area contributed by atoms with Gasteiger partial charge in [-0.1, -0.05) is 59.7 Å². The Hall–Kier alpha value is -4.40. The highest BCUT2D eigenvalue weighted by molar-refractivity contribution is 5.76. The Morgan fingerprint density at radius 2 is 1.68 bits per heavy atom. The van der Waals surface area contributed by atoms with Gasteiger partial charge >= 0.3 is 12.1 Å². The standard InChI is InChI=1S/C21H29N7O.C15H22F3NO2/c1-21(2,3)17-11-15-13-28(20(29)27-18(15)26-17)16-7-5-14(6-8-16)12-24-9-4-10-25-19(22)23;1-10(19)8-20-9-11-5-12(14(2,3)4)7-13(6-11)21-15(16,17)18/h5-8,11,13,24H,4,9-10,12H2,1-3H3,(H4,22,23,25)(H,26,27,29);5-7,10H,8-9,19H2,1-4H3/t;10-/m.0/s1. The lowest BCUT2D eigenvalue weighted by molar-refractivity contribution is -0.274. The molecule has 2 aromatic carbocycles. The van der Waals surface area contributed by atoms with Crippen molar-refractivity contribution in [3.8, 4) is 11.4 Å². The van der Waals surface area contributed by atoms with Crippen LogP contribution in [0.2, 0.25) is 0 Å². The fraction of sp³-hybridized carbons (Fsp3) is 0.472. The number of rotatable bonds is 12. The van der Waals surface area contributed by atoms with Gasteiger partial charge in [0.2, 0.25) is 0 Å². The van der Waals surface area contributed by atoms with E-state index in [4.69, 9.17) is 21.9 Å². The number of nitrogens with one attached hydrogen (secondary N) is 2. The molecule has 2 aromatic heterocycles. The molecule has 0 aliphatic rings. The van der Waals surface area contributed by atoms with Crippen LogP contribution >= 0.6 is 0 Å². The van der Waals surface area contributed by atoms with E-state index in [0.29, 0.717) is 24.4 Å². The van der Waals surface area contributed by atoms with Crippen molar-refractivity contribution in [2.24, 2.45) is 22.2 Å². The van der Waals surface area contributed by atoms with E-state index in [1.807, 2.05) is 57.3 Å². The molecule has 0 unspecified atom stereocenters. The van der Waals surface area contributed by atoms with E-state index >= 15 is 0 Å². The maximum absolute atomic E-state index is 12.5. The molecule has 4 aromatic rings. The van der Waals surface area contributed by atoms with E-state index < -0.39 is 6.36 Å². The monoisotopic (exact) mass is 700 g/mol. The Kier molecular flexibility index (Phi) is 13.6. The summed E-state index contributed by atoms with van der Waals surface area (Å²) in [4.78, 5) is 23.9. The summed E-state index contributed by atoms with van der Waals surface area (Å²) in [5.41, 5.74) is 20.5. The van der Waals surface area contributed by atoms with Crippen molar-refractivity contribution in [3.63, 3.8) is 0 Å². The molecule has 0 fully saturated rings. The molecule has 1 atom stereocenters. The van der Waals surface area contributed by atoms with E-state index in [1.54, 1.807) is 11.5 Å². The molecule has 0 saturated heterocycles. The Labute approximate surface area is 291 Å². The predicted octanol–water partition coefficient (Wildman–Crippen LogP) is 5.51. The molecule has 0 amide bonds. The van der Waals surface area contributed by atoms with Crippen LogP contribution in [0, 0.1) is 0 Å². The number of alkyl halides is 3. The van der Waals surface area contributed by atoms with Crippen molar-refractivity contribution in [1.82, 2.24) is 19.9 Å². The summed E-state index contributed by atoms with van der Waals surface area (Å²) in [6.45, 7) is 16.6. The second-order valence-corrected chi connectivity index (χ2v) is 14.3. The van der Waals surface area contributed by atoms with Gasteiger partial charge in [-0.05, 0) is 72.3 Å². The van der Waals surface area contributed by atoms with Crippen LogP contribution in [0.3, 0.4) is 0 Å². The first-order valence-corrected chi connectivity index (χ1v) is 16.4. The van der Waals surface area contributed by atoms with Gasteiger partial charge in [0.1, 0.15) is 11.4 Å². The average Bonchev–Trinajstić information content (AvgIpc) is 3.41. The largest absolute Gasteiger partial charge is 0.573 e. The third-order valence-corrected chi connectivity index (χ3v) is 7.38. The van der Waals surface area contributed by atoms with Gasteiger partial charge in [-0.25, -0.2) is 4.79 Å². The quantitative estimate of drug-likeness (QED) is 0.0732. The average molecular weight is 701 g/mol. The number of halogens is 3. The Morgan fingerprint density at radius 3 is 2.26 bits per heavy atom. The lowest BCUT2D eigenvalue weighted by Gasteiger charge is -2.22. The number of hydrogen-bond acceptors (Lipinski definition) is 7. The van der Waals surface area contributed by atoms with E-state index in [0.717, 1.165) is 47.4 Å². The zero-order valence-electron chi connectivity index (χ0n) is 29.9. The Balaban J connectivity index is 0.000000286. The Bertz CT molecular complexity index is 1760. The lowest BCUT2D eigenvalue weighted by atomic mass is 9.86. The number of hydrogen-bond donors (Lipinski definition) is 5. The summed E-state index contributed by atoms with van der Waals surface area (Å²) >= 11 is 0. The number of benzene rings is 2. The first-order valence-electron chi connectivity index (χ1n) is 16.4. The van der Waals surface area contributed by atoms with Crippen LogP contribution in [0.25, 0.3) is 16.7 Å². The highest BCUT2D eigenvalue weighted by atomic mass is 19.4. The Morgan fingerprint density at radius 1 is 1.00 bits per heavy atom. The summed E-state index contributed by atoms with van der Waals surface area (Å²) in [5.74, 6) is -0.105. The van der Waals surface area contributed by atoms with Gasteiger partial charge < -0.3 is 37.0 Å². The maximum atomic E-state index is 12.5. The normalized spacial score (nSPS) is 12.7. The summed E-state index contributed by atoms with van der Waals surface area (Å²) in [7, 11) is 0. The topological polar surface area (TPSA) is 172 Å². The molecule has 14 heteroatoms. The summed E-state index contributed by atoms with van der Waals surface area (Å²) in [6.07, 6.45) is -2.00. The van der Waals surface area contributed by atoms with Gasteiger partial charge in [0.15, 0.2) is 5.96 Å². The third kappa shape index (κ3) is 13.1. The molecule has 0 aliphatic heterocycles. The van der Waals surface area contributed by atoms with E-state index in [9.17, 15) is 18.0 Å². The number of nitrogens with zero attached hydrogens (tertiary/aromatic N) is 3. The maximum Gasteiger partial charge on any atom is 0.573 e. The zero-order valence-corrected chi connectivity index (χ0v) is 29.9. The summed E-state index contributed by atoms with van der Waals surface area (Å²) in [5, 5.41) is 4.27. The van der Waals surface area contributed by atoms with Crippen LogP contribution in [0.15, 0.2) is 64.5 Å². The number of aliphatic imine (C=N–C) groups is 1. The third-order valence-electron chi connectivity index (χ3n) is 7.38. The second-order valence-electron chi connectivity index (χ2n) is 14.3. The molecule has 0 aliphatic carbocycles. The van der Waals surface area contributed by atoms with Gasteiger partial charge in [0.05, 0.1) is 18.9 Å². The summed E-state index contributed by atoms with van der Waals surface area (Å²) < 4.78 is 48.1. The van der Waals surface area contributed by atoms with Crippen LogP contribution in [-0.4, -0.2) is 52.6 Å². The molecular weight excluding hydrogens is 649 g/mol. The smallest absolute Gasteiger partial charge is 0.406 e. The number of aromatic amines is 1. The summed E-state index contributed by atoms with van der Waals surface area (Å²) in [6, 6.07) is 14.4. The number of nitrogens with two attached hydrogens (primary N) is 3. The highest BCUT2D eigenvalue weighted by Crippen LogP contribution is 2.31. The molecule has 274 valence electrons. The predicted molar refractivity (Wildman–Crippen MR) is 193 cm³/mol. The number of fused-ring (bicyclic) bond motifs is 1. The SMILES string of the molecule is CC(C)(C)c1cc2cn(-c3ccc(CNCCCN=C(N)N)cc3)c(=O)nc2[nH]1.C[C@H](N)COCc1cc(OC(F)(F)F)cc(C(C)(C)C)c1. The van der Waals surface area contributed by atoms with Gasteiger partial charge in [-0.2, -0.15) is 4.98 Å². The molecule has 0 saturated carbocycles. The van der Waals surface area contributed by atoms with Gasteiger partial charge in [-0.3, -0.25) is 9.56 Å². The second kappa shape index (κ2) is 17.0. The van der Waals surface area contributed by atoms with E-state index in [-0.39, 0.29) is 40.9 Å². The van der Waals surface area contributed by atoms with Crippen molar-refractivity contribution >= 4 is 17.0 Å². The van der Waals surface area contributed by atoms with Crippen molar-refractivity contribution in [1.29, 1.82) is 0 Å². The lowest BCUT2D eigenvalue weighted by Crippen LogP contribution is -2.23. The van der Waals surface area contributed by atoms with E-state index in [2.05, 4.69) is 51.9 Å². The van der Waals surface area contributed by atoms with Crippen LogP contribution in [-0.2, 0) is 28.7 Å². The van der Waals surface area contributed by atoms with Crippen molar-refractivity contribution in [3.05, 3.63) is 87.6 Å². The van der Waals surface area contributed by atoms with Crippen molar-refractivity contribution in [2.75, 3.05) is 19.7 Å². The minimum atomic E-state index is -4.71. The molecule has 0 spiro atoms. The molecule has 0 radical (unpaired) electrons. The first kappa shape index (κ1) is 40.0. The van der Waals surface area contributed by atoms with Crippen LogP contribution < -0.4 is 32.9 Å². The number of aromatic nitrogens is 3. The molecule has 8 N–H and O–H groups in total. The molecule has 11 nitrogen and oxygen atoms in total. The number of H-pyrrole nitrogens is 1. The number of ether oxygens (including phenoxy) is 2. The van der Waals surface area contributed by atoms with Crippen LogP contribution in [0.4, 0.5) is 13.2 Å². The molecule has 4 rings (SSSR count). The van der Waals surface area contributed by atoms with Gasteiger partial charge in [0.25, 0.3) is 0 Å². The van der Waals surface area contributed by atoms with Crippen LogP contribution in [0.5, 0.6) is 5.75 Å². The molecule has 2 heterocycles. The minimum Gasteiger partial charge on any atom is -0.406 e. The fourth-order valence-corrected chi connectivity index (χ4v) is 4.74. The highest BCUT2D eigenvalue weighted by Gasteiger charge is 2.32. The van der Waals surface area contributed by atoms with Crippen LogP contribution in [0.1, 0.15) is 77.3 Å². The van der Waals surface area contributed by atoms with Gasteiger partial charge in [-0.15, -0.1) is 13.2 Å². The fourth-order valence-electron chi connectivity index (χ4n) is 4.74. The van der Waals surface area contributed by atoms with E-state index in [1.165, 1.54) is 12.1 Å². The molecule has 50 heavy (non-hydrogen) atoms. The molecular formula is C36H51F3N8O3. The van der Waals surface area contributed by atoms with Crippen molar-refractivity contribution in [2.45, 2.75) is 91.3 Å². The number of guanidine groups is 1. The zero-order chi connectivity index (χ0) is 37.3. The minimum absolute atomic E-state index is 0.0352.